The average Bonchev–Trinajstić information content (AvgIpc) is 3.04. The van der Waals surface area contributed by atoms with Crippen molar-refractivity contribution in [3.63, 3.8) is 0 Å². The lowest BCUT2D eigenvalue weighted by Gasteiger charge is -2.36. The zero-order chi connectivity index (χ0) is 23.9. The summed E-state index contributed by atoms with van der Waals surface area (Å²) in [6, 6.07) is 7.88. The van der Waals surface area contributed by atoms with Crippen molar-refractivity contribution in [2.75, 3.05) is 32.1 Å². The molecule has 0 spiro atoms. The molecule has 4 rings (SSSR count). The molecule has 1 fully saturated rings. The molecule has 0 radical (unpaired) electrons. The quantitative estimate of drug-likeness (QED) is 0.390. The van der Waals surface area contributed by atoms with E-state index in [4.69, 9.17) is 0 Å². The number of carbonyl (C=O) groups is 2. The Kier molecular flexibility index (Phi) is 5.94. The number of rotatable bonds is 5. The summed E-state index contributed by atoms with van der Waals surface area (Å²) >= 11 is 0. The number of nitro groups is 1. The van der Waals surface area contributed by atoms with E-state index in [0.717, 1.165) is 38.1 Å². The molecule has 0 atom stereocenters. The smallest absolute Gasteiger partial charge is 0.282 e. The monoisotopic (exact) mass is 456 g/mol. The van der Waals surface area contributed by atoms with Gasteiger partial charge < -0.3 is 9.80 Å². The number of hydrogen-bond donors (Lipinski definition) is 0. The lowest BCUT2D eigenvalue weighted by molar-refractivity contribution is -0.384. The van der Waals surface area contributed by atoms with Crippen LogP contribution in [0.15, 0.2) is 48.2 Å². The van der Waals surface area contributed by atoms with Crippen molar-refractivity contribution in [3.05, 3.63) is 75.5 Å². The number of nitro benzene ring substituents is 1. The molecule has 2 aliphatic heterocycles. The van der Waals surface area contributed by atoms with Crippen molar-refractivity contribution in [1.82, 2.24) is 9.80 Å². The molecule has 2 heterocycles. The average molecular weight is 456 g/mol. The standard InChI is InChI=1S/C23H22F2N4O4/c1-26-11-9-16(10-12-26)27(2)21-20(14-3-6-17(7-4-14)29(32)33)22(30)28(23(21)31)19-8-5-15(24)13-18(19)25/h3-8,13,16H,9-12H2,1-2H3. The fourth-order valence-corrected chi connectivity index (χ4v) is 4.30. The van der Waals surface area contributed by atoms with Gasteiger partial charge >= 0.3 is 0 Å². The van der Waals surface area contributed by atoms with Gasteiger partial charge in [0.15, 0.2) is 0 Å². The van der Waals surface area contributed by atoms with E-state index in [1.807, 2.05) is 7.05 Å². The highest BCUT2D eigenvalue weighted by Crippen LogP contribution is 2.37. The van der Waals surface area contributed by atoms with Crippen molar-refractivity contribution < 1.29 is 23.3 Å². The van der Waals surface area contributed by atoms with Crippen molar-refractivity contribution in [3.8, 4) is 0 Å². The first-order chi connectivity index (χ1) is 15.7. The summed E-state index contributed by atoms with van der Waals surface area (Å²) in [6.45, 7) is 1.63. The Balaban J connectivity index is 1.81. The van der Waals surface area contributed by atoms with Crippen LogP contribution < -0.4 is 4.90 Å². The first-order valence-corrected chi connectivity index (χ1v) is 10.4. The van der Waals surface area contributed by atoms with Crippen LogP contribution in [-0.4, -0.2) is 59.8 Å². The zero-order valence-corrected chi connectivity index (χ0v) is 18.1. The third-order valence-electron chi connectivity index (χ3n) is 6.17. The topological polar surface area (TPSA) is 87.0 Å². The van der Waals surface area contributed by atoms with E-state index in [2.05, 4.69) is 4.90 Å². The van der Waals surface area contributed by atoms with Crippen LogP contribution >= 0.6 is 0 Å². The molecule has 2 amide bonds. The molecule has 10 heteroatoms. The van der Waals surface area contributed by atoms with Crippen molar-refractivity contribution in [1.29, 1.82) is 0 Å². The number of hydrogen-bond acceptors (Lipinski definition) is 6. The van der Waals surface area contributed by atoms with Gasteiger partial charge in [-0.05, 0) is 62.8 Å². The van der Waals surface area contributed by atoms with E-state index in [0.29, 0.717) is 16.5 Å². The minimum absolute atomic E-state index is 0.0278. The van der Waals surface area contributed by atoms with E-state index >= 15 is 0 Å². The third kappa shape index (κ3) is 4.09. The lowest BCUT2D eigenvalue weighted by atomic mass is 10.00. The van der Waals surface area contributed by atoms with Gasteiger partial charge in [-0.2, -0.15) is 0 Å². The second kappa shape index (κ2) is 8.70. The van der Waals surface area contributed by atoms with Crippen LogP contribution in [0.25, 0.3) is 5.57 Å². The number of likely N-dealkylation sites (N-methyl/N-ethyl adjacent to an activating group) is 1. The molecule has 0 aliphatic carbocycles. The minimum atomic E-state index is -1.04. The number of halogens is 2. The predicted molar refractivity (Wildman–Crippen MR) is 117 cm³/mol. The highest BCUT2D eigenvalue weighted by atomic mass is 19.1. The van der Waals surface area contributed by atoms with Gasteiger partial charge in [0.25, 0.3) is 17.5 Å². The highest BCUT2D eigenvalue weighted by molar-refractivity contribution is 6.45. The molecular formula is C23H22F2N4O4. The molecule has 0 saturated carbocycles. The van der Waals surface area contributed by atoms with E-state index in [1.165, 1.54) is 24.3 Å². The fraction of sp³-hybridized carbons (Fsp3) is 0.304. The first-order valence-electron chi connectivity index (χ1n) is 10.4. The summed E-state index contributed by atoms with van der Waals surface area (Å²) in [5.41, 5.74) is -0.0914. The molecule has 1 saturated heterocycles. The zero-order valence-electron chi connectivity index (χ0n) is 18.1. The number of carbonyl (C=O) groups excluding carboxylic acids is 2. The summed E-state index contributed by atoms with van der Waals surface area (Å²) in [5, 5.41) is 11.0. The van der Waals surface area contributed by atoms with E-state index in [1.54, 1.807) is 11.9 Å². The molecule has 0 N–H and O–H groups in total. The molecule has 2 aliphatic rings. The number of amides is 2. The summed E-state index contributed by atoms with van der Waals surface area (Å²) < 4.78 is 28.0. The largest absolute Gasteiger partial charge is 0.366 e. The molecule has 0 bridgehead atoms. The molecule has 2 aromatic carbocycles. The van der Waals surface area contributed by atoms with Gasteiger partial charge in [-0.1, -0.05) is 0 Å². The Morgan fingerprint density at radius 1 is 1.03 bits per heavy atom. The molecule has 8 nitrogen and oxygen atoms in total. The van der Waals surface area contributed by atoms with Crippen LogP contribution in [0.5, 0.6) is 0 Å². The summed E-state index contributed by atoms with van der Waals surface area (Å²) in [4.78, 5) is 42.0. The van der Waals surface area contributed by atoms with Crippen LogP contribution in [0, 0.1) is 21.7 Å². The predicted octanol–water partition coefficient (Wildman–Crippen LogP) is 3.18. The van der Waals surface area contributed by atoms with Crippen LogP contribution in [-0.2, 0) is 9.59 Å². The number of anilines is 1. The van der Waals surface area contributed by atoms with Gasteiger partial charge in [-0.15, -0.1) is 0 Å². The maximum absolute atomic E-state index is 14.5. The molecule has 172 valence electrons. The third-order valence-corrected chi connectivity index (χ3v) is 6.17. The molecular weight excluding hydrogens is 434 g/mol. The van der Waals surface area contributed by atoms with Crippen LogP contribution in [0.3, 0.4) is 0 Å². The van der Waals surface area contributed by atoms with Crippen molar-refractivity contribution in [2.45, 2.75) is 18.9 Å². The van der Waals surface area contributed by atoms with Gasteiger partial charge in [0.1, 0.15) is 17.3 Å². The van der Waals surface area contributed by atoms with Crippen LogP contribution in [0.1, 0.15) is 18.4 Å². The number of piperidine rings is 1. The maximum atomic E-state index is 14.5. The van der Waals surface area contributed by atoms with E-state index in [-0.39, 0.29) is 28.7 Å². The molecule has 0 aromatic heterocycles. The van der Waals surface area contributed by atoms with Crippen LogP contribution in [0.2, 0.25) is 0 Å². The highest BCUT2D eigenvalue weighted by Gasteiger charge is 2.44. The Bertz CT molecular complexity index is 1160. The summed E-state index contributed by atoms with van der Waals surface area (Å²) in [6.07, 6.45) is 1.52. The van der Waals surface area contributed by atoms with Crippen LogP contribution in [0.4, 0.5) is 20.2 Å². The number of likely N-dealkylation sites (tertiary alicyclic amines) is 1. The fourth-order valence-electron chi connectivity index (χ4n) is 4.30. The SMILES string of the molecule is CN1CCC(N(C)C2=C(c3ccc([N+](=O)[O-])cc3)C(=O)N(c3ccc(F)cc3F)C2=O)CC1. The Morgan fingerprint density at radius 2 is 1.67 bits per heavy atom. The normalized spacial score (nSPS) is 17.8. The summed E-state index contributed by atoms with van der Waals surface area (Å²) in [7, 11) is 3.72. The second-order valence-corrected chi connectivity index (χ2v) is 8.21. The first kappa shape index (κ1) is 22.5. The Hall–Kier alpha value is -3.66. The molecule has 33 heavy (non-hydrogen) atoms. The Labute approximate surface area is 188 Å². The summed E-state index contributed by atoms with van der Waals surface area (Å²) in [5.74, 6) is -3.36. The van der Waals surface area contributed by atoms with Crippen molar-refractivity contribution >= 4 is 28.8 Å². The van der Waals surface area contributed by atoms with Gasteiger partial charge in [-0.3, -0.25) is 19.7 Å². The van der Waals surface area contributed by atoms with Gasteiger partial charge in [-0.25, -0.2) is 13.7 Å². The lowest BCUT2D eigenvalue weighted by Crippen LogP contribution is -2.43. The number of nitrogens with zero attached hydrogens (tertiary/aromatic N) is 4. The molecule has 2 aromatic rings. The minimum Gasteiger partial charge on any atom is -0.366 e. The number of benzene rings is 2. The van der Waals surface area contributed by atoms with Gasteiger partial charge in [0.05, 0.1) is 16.2 Å². The molecule has 0 unspecified atom stereocenters. The van der Waals surface area contributed by atoms with E-state index < -0.39 is 28.4 Å². The van der Waals surface area contributed by atoms with Crippen molar-refractivity contribution in [2.24, 2.45) is 0 Å². The Morgan fingerprint density at radius 3 is 2.24 bits per heavy atom. The van der Waals surface area contributed by atoms with E-state index in [9.17, 15) is 28.5 Å². The maximum Gasteiger partial charge on any atom is 0.282 e. The second-order valence-electron chi connectivity index (χ2n) is 8.21. The van der Waals surface area contributed by atoms with Gasteiger partial charge in [0.2, 0.25) is 0 Å². The van der Waals surface area contributed by atoms with Gasteiger partial charge in [0, 0.05) is 31.3 Å². The number of imide groups is 1. The number of non-ortho nitro benzene ring substituents is 1.